The van der Waals surface area contributed by atoms with Crippen molar-refractivity contribution in [1.82, 2.24) is 9.78 Å². The Kier molecular flexibility index (Phi) is 2.68. The van der Waals surface area contributed by atoms with Gasteiger partial charge in [-0.25, -0.2) is 4.68 Å². The molecular weight excluding hydrogens is 266 g/mol. The number of fused-ring (bicyclic) bond motifs is 1. The van der Waals surface area contributed by atoms with Crippen LogP contribution in [0.25, 0.3) is 16.6 Å². The normalized spacial score (nSPS) is 10.8. The Morgan fingerprint density at radius 3 is 2.58 bits per heavy atom. The summed E-state index contributed by atoms with van der Waals surface area (Å²) >= 11 is 5.83. The first kappa shape index (κ1) is 11.7. The van der Waals surface area contributed by atoms with Crippen LogP contribution in [0.4, 0.5) is 5.69 Å². The Balaban J connectivity index is 2.11. The van der Waals surface area contributed by atoms with E-state index in [1.54, 1.807) is 22.9 Å². The molecule has 1 heterocycles. The second kappa shape index (κ2) is 4.37. The Hall–Kier alpha value is -2.40. The van der Waals surface area contributed by atoms with Gasteiger partial charge in [-0.3, -0.25) is 10.1 Å². The number of nitro groups is 1. The van der Waals surface area contributed by atoms with Gasteiger partial charge in [0.25, 0.3) is 5.69 Å². The SMILES string of the molecule is O=[N+]([O-])c1ccc2cn(-c3ccc(Cl)cc3)nc2c1. The van der Waals surface area contributed by atoms with Gasteiger partial charge in [0.2, 0.25) is 0 Å². The summed E-state index contributed by atoms with van der Waals surface area (Å²) in [5.74, 6) is 0. The van der Waals surface area contributed by atoms with Crippen molar-refractivity contribution in [2.45, 2.75) is 0 Å². The predicted molar refractivity (Wildman–Crippen MR) is 72.7 cm³/mol. The molecule has 94 valence electrons. The van der Waals surface area contributed by atoms with E-state index >= 15 is 0 Å². The molecule has 2 aromatic carbocycles. The van der Waals surface area contributed by atoms with Crippen LogP contribution in [0.3, 0.4) is 0 Å². The van der Waals surface area contributed by atoms with Gasteiger partial charge in [-0.1, -0.05) is 11.6 Å². The van der Waals surface area contributed by atoms with Crippen molar-refractivity contribution in [2.24, 2.45) is 0 Å². The third-order valence-electron chi connectivity index (χ3n) is 2.79. The van der Waals surface area contributed by atoms with Crippen LogP contribution in [0.2, 0.25) is 5.02 Å². The molecule has 0 unspecified atom stereocenters. The number of nitrogens with zero attached hydrogens (tertiary/aromatic N) is 3. The van der Waals surface area contributed by atoms with E-state index in [2.05, 4.69) is 5.10 Å². The van der Waals surface area contributed by atoms with Crippen LogP contribution in [0, 0.1) is 10.1 Å². The number of aromatic nitrogens is 2. The van der Waals surface area contributed by atoms with E-state index in [1.807, 2.05) is 18.3 Å². The lowest BCUT2D eigenvalue weighted by molar-refractivity contribution is -0.384. The lowest BCUT2D eigenvalue weighted by Crippen LogP contribution is -1.93. The Morgan fingerprint density at radius 2 is 1.89 bits per heavy atom. The molecule has 0 spiro atoms. The minimum atomic E-state index is -0.430. The van der Waals surface area contributed by atoms with E-state index in [-0.39, 0.29) is 5.69 Å². The molecule has 0 fully saturated rings. The summed E-state index contributed by atoms with van der Waals surface area (Å²) < 4.78 is 1.67. The fourth-order valence-corrected chi connectivity index (χ4v) is 1.97. The Labute approximate surface area is 113 Å². The van der Waals surface area contributed by atoms with E-state index in [0.29, 0.717) is 10.5 Å². The molecular formula is C13H8ClN3O2. The number of hydrogen-bond acceptors (Lipinski definition) is 3. The number of hydrogen-bond donors (Lipinski definition) is 0. The third-order valence-corrected chi connectivity index (χ3v) is 3.04. The fraction of sp³-hybridized carbons (Fsp3) is 0. The molecule has 0 aliphatic carbocycles. The van der Waals surface area contributed by atoms with Crippen LogP contribution in [-0.4, -0.2) is 14.7 Å². The maximum absolute atomic E-state index is 10.7. The quantitative estimate of drug-likeness (QED) is 0.529. The molecule has 5 nitrogen and oxygen atoms in total. The van der Waals surface area contributed by atoms with Crippen LogP contribution >= 0.6 is 11.6 Å². The molecule has 0 aliphatic rings. The lowest BCUT2D eigenvalue weighted by Gasteiger charge is -1.99. The van der Waals surface area contributed by atoms with Gasteiger partial charge in [0.05, 0.1) is 16.1 Å². The zero-order valence-corrected chi connectivity index (χ0v) is 10.4. The highest BCUT2D eigenvalue weighted by molar-refractivity contribution is 6.30. The van der Waals surface area contributed by atoms with Gasteiger partial charge >= 0.3 is 0 Å². The molecule has 0 atom stereocenters. The number of rotatable bonds is 2. The first-order valence-electron chi connectivity index (χ1n) is 5.53. The molecule has 0 N–H and O–H groups in total. The zero-order valence-electron chi connectivity index (χ0n) is 9.65. The molecule has 3 rings (SSSR count). The predicted octanol–water partition coefficient (Wildman–Crippen LogP) is 3.59. The van der Waals surface area contributed by atoms with Crippen LogP contribution in [0.1, 0.15) is 0 Å². The van der Waals surface area contributed by atoms with Gasteiger partial charge in [-0.05, 0) is 30.3 Å². The maximum Gasteiger partial charge on any atom is 0.271 e. The van der Waals surface area contributed by atoms with Gasteiger partial charge in [-0.2, -0.15) is 5.10 Å². The number of non-ortho nitro benzene ring substituents is 1. The number of halogens is 1. The summed E-state index contributed by atoms with van der Waals surface area (Å²) in [4.78, 5) is 10.3. The van der Waals surface area contributed by atoms with Crippen molar-refractivity contribution in [3.63, 3.8) is 0 Å². The van der Waals surface area contributed by atoms with Crippen molar-refractivity contribution in [3.05, 3.63) is 63.8 Å². The highest BCUT2D eigenvalue weighted by Crippen LogP contribution is 2.21. The third kappa shape index (κ3) is 2.15. The average Bonchev–Trinajstić information content (AvgIpc) is 2.82. The zero-order chi connectivity index (χ0) is 13.4. The van der Waals surface area contributed by atoms with E-state index in [0.717, 1.165) is 11.1 Å². The van der Waals surface area contributed by atoms with Crippen molar-refractivity contribution < 1.29 is 4.92 Å². The molecule has 0 aliphatic heterocycles. The maximum atomic E-state index is 10.7. The van der Waals surface area contributed by atoms with E-state index < -0.39 is 4.92 Å². The van der Waals surface area contributed by atoms with Crippen molar-refractivity contribution >= 4 is 28.2 Å². The first-order valence-corrected chi connectivity index (χ1v) is 5.91. The lowest BCUT2D eigenvalue weighted by atomic mass is 10.2. The average molecular weight is 274 g/mol. The van der Waals surface area contributed by atoms with E-state index in [1.165, 1.54) is 12.1 Å². The molecule has 0 radical (unpaired) electrons. The monoisotopic (exact) mass is 273 g/mol. The van der Waals surface area contributed by atoms with E-state index in [4.69, 9.17) is 11.6 Å². The van der Waals surface area contributed by atoms with E-state index in [9.17, 15) is 10.1 Å². The number of benzene rings is 2. The largest absolute Gasteiger partial charge is 0.271 e. The minimum absolute atomic E-state index is 0.0360. The second-order valence-electron chi connectivity index (χ2n) is 4.05. The molecule has 0 amide bonds. The summed E-state index contributed by atoms with van der Waals surface area (Å²) in [6.07, 6.45) is 1.82. The molecule has 3 aromatic rings. The summed E-state index contributed by atoms with van der Waals surface area (Å²) in [6, 6.07) is 11.8. The van der Waals surface area contributed by atoms with Gasteiger partial charge in [-0.15, -0.1) is 0 Å². The highest BCUT2D eigenvalue weighted by Gasteiger charge is 2.09. The summed E-state index contributed by atoms with van der Waals surface area (Å²) in [5, 5.41) is 16.5. The van der Waals surface area contributed by atoms with Crippen molar-refractivity contribution in [2.75, 3.05) is 0 Å². The van der Waals surface area contributed by atoms with Crippen molar-refractivity contribution in [1.29, 1.82) is 0 Å². The smallest absolute Gasteiger partial charge is 0.258 e. The van der Waals surface area contributed by atoms with Gasteiger partial charge in [0.15, 0.2) is 0 Å². The standard InChI is InChI=1S/C13H8ClN3O2/c14-10-2-5-11(6-3-10)16-8-9-1-4-12(17(18)19)7-13(9)15-16/h1-8H. The van der Waals surface area contributed by atoms with Gasteiger partial charge < -0.3 is 0 Å². The summed E-state index contributed by atoms with van der Waals surface area (Å²) in [7, 11) is 0. The van der Waals surface area contributed by atoms with Gasteiger partial charge in [0.1, 0.15) is 0 Å². The van der Waals surface area contributed by atoms with Gasteiger partial charge in [0, 0.05) is 28.7 Å². The Morgan fingerprint density at radius 1 is 1.16 bits per heavy atom. The molecule has 0 bridgehead atoms. The topological polar surface area (TPSA) is 61.0 Å². The number of nitro benzene ring substituents is 1. The fourth-order valence-electron chi connectivity index (χ4n) is 1.84. The molecule has 1 aromatic heterocycles. The summed E-state index contributed by atoms with van der Waals surface area (Å²) in [5.41, 5.74) is 1.47. The minimum Gasteiger partial charge on any atom is -0.258 e. The first-order chi connectivity index (χ1) is 9.13. The molecule has 0 saturated carbocycles. The second-order valence-corrected chi connectivity index (χ2v) is 4.49. The highest BCUT2D eigenvalue weighted by atomic mass is 35.5. The summed E-state index contributed by atoms with van der Waals surface area (Å²) in [6.45, 7) is 0. The van der Waals surface area contributed by atoms with Crippen LogP contribution in [0.5, 0.6) is 0 Å². The molecule has 19 heavy (non-hydrogen) atoms. The molecule has 0 saturated heterocycles. The van der Waals surface area contributed by atoms with Crippen LogP contribution in [-0.2, 0) is 0 Å². The van der Waals surface area contributed by atoms with Crippen molar-refractivity contribution in [3.8, 4) is 5.69 Å². The van der Waals surface area contributed by atoms with Crippen LogP contribution < -0.4 is 0 Å². The Bertz CT molecular complexity index is 765. The molecule has 6 heteroatoms. The van der Waals surface area contributed by atoms with Crippen LogP contribution in [0.15, 0.2) is 48.7 Å².